The fourth-order valence-electron chi connectivity index (χ4n) is 4.47. The lowest BCUT2D eigenvalue weighted by Gasteiger charge is -2.15. The molecule has 4 aromatic carbocycles. The summed E-state index contributed by atoms with van der Waals surface area (Å²) in [5.74, 6) is -2.35. The molecule has 48 heavy (non-hydrogen) atoms. The fourth-order valence-corrected chi connectivity index (χ4v) is 9.28. The van der Waals surface area contributed by atoms with Gasteiger partial charge in [-0.1, -0.05) is 25.1 Å². The molecule has 0 aliphatic heterocycles. The fraction of sp³-hybridized carbons (Fsp3) is 0.0769. The Bertz CT molecular complexity index is 2640. The van der Waals surface area contributed by atoms with E-state index in [1.807, 2.05) is 0 Å². The molecule has 1 amide bonds. The number of amides is 1. The number of hydrogen-bond acceptors (Lipinski definition) is 14. The Balaban J connectivity index is 1.81. The van der Waals surface area contributed by atoms with E-state index in [0.29, 0.717) is 17.4 Å². The van der Waals surface area contributed by atoms with Gasteiger partial charge < -0.3 is 10.4 Å². The van der Waals surface area contributed by atoms with E-state index >= 15 is 0 Å². The molecule has 5 rings (SSSR count). The van der Waals surface area contributed by atoms with Crippen LogP contribution in [0.4, 0.5) is 17.1 Å². The van der Waals surface area contributed by atoms with Gasteiger partial charge in [0.25, 0.3) is 36.3 Å². The molecular weight excluding hydrogens is 737 g/mol. The Morgan fingerprint density at radius 3 is 2.06 bits per heavy atom. The number of azo groups is 1. The van der Waals surface area contributed by atoms with Crippen LogP contribution in [0.15, 0.2) is 89.9 Å². The van der Waals surface area contributed by atoms with Crippen molar-refractivity contribution in [1.82, 2.24) is 4.98 Å². The number of thiazole rings is 1. The number of nitrogens with zero attached hydrogens (tertiary/aromatic N) is 3. The average Bonchev–Trinajstić information content (AvgIpc) is 3.44. The summed E-state index contributed by atoms with van der Waals surface area (Å²) in [6.45, 7) is 1.32. The third-order valence-corrected chi connectivity index (χ3v) is 12.8. The number of rotatable bonds is 9. The van der Waals surface area contributed by atoms with E-state index in [2.05, 4.69) is 20.5 Å². The van der Waals surface area contributed by atoms with Crippen molar-refractivity contribution in [2.75, 3.05) is 11.1 Å². The van der Waals surface area contributed by atoms with Crippen LogP contribution >= 0.6 is 11.3 Å². The molecule has 0 aliphatic rings. The number of carbonyl (C=O) groups is 1. The molecule has 0 radical (unpaired) electrons. The summed E-state index contributed by atoms with van der Waals surface area (Å²) in [7, 11) is -19.7. The molecule has 22 heteroatoms. The Hall–Kier alpha value is -4.42. The lowest BCUT2D eigenvalue weighted by molar-refractivity contribution is 0.102. The lowest BCUT2D eigenvalue weighted by Crippen LogP contribution is -2.13. The topological polar surface area (TPSA) is 284 Å². The van der Waals surface area contributed by atoms with E-state index in [9.17, 15) is 57.2 Å². The minimum atomic E-state index is -5.40. The highest BCUT2D eigenvalue weighted by molar-refractivity contribution is 7.93. The molecule has 0 saturated carbocycles. The number of nitrogens with one attached hydrogen (secondary N) is 1. The van der Waals surface area contributed by atoms with Crippen molar-refractivity contribution >= 4 is 95.5 Å². The van der Waals surface area contributed by atoms with Crippen molar-refractivity contribution in [1.29, 1.82) is 0 Å². The normalized spacial score (nSPS) is 13.0. The zero-order valence-electron chi connectivity index (χ0n) is 23.8. The number of anilines is 1. The molecular formula is C26H20N4O13S5. The summed E-state index contributed by atoms with van der Waals surface area (Å²) in [5, 5.41) is 19.8. The molecule has 1 aromatic heterocycles. The van der Waals surface area contributed by atoms with E-state index in [4.69, 9.17) is 0 Å². The van der Waals surface area contributed by atoms with Crippen LogP contribution in [-0.2, 0) is 40.2 Å². The van der Waals surface area contributed by atoms with Gasteiger partial charge in [-0.25, -0.2) is 13.4 Å². The van der Waals surface area contributed by atoms with Crippen LogP contribution in [0.5, 0.6) is 5.75 Å². The first-order chi connectivity index (χ1) is 22.2. The number of aromatic nitrogens is 1. The zero-order valence-corrected chi connectivity index (χ0v) is 27.9. The molecule has 5 aromatic rings. The van der Waals surface area contributed by atoms with E-state index < -0.39 is 93.0 Å². The highest BCUT2D eigenvalue weighted by Gasteiger charge is 2.29. The van der Waals surface area contributed by atoms with Crippen molar-refractivity contribution in [2.24, 2.45) is 10.2 Å². The first kappa shape index (κ1) is 34.9. The summed E-state index contributed by atoms with van der Waals surface area (Å²) in [5.41, 5.74) is -2.16. The van der Waals surface area contributed by atoms with Gasteiger partial charge >= 0.3 is 0 Å². The number of hydrogen-bond donors (Lipinski definition) is 5. The molecule has 0 spiro atoms. The smallest absolute Gasteiger partial charge is 0.298 e. The van der Waals surface area contributed by atoms with Crippen molar-refractivity contribution in [3.63, 3.8) is 0 Å². The second kappa shape index (κ2) is 12.2. The number of benzene rings is 4. The van der Waals surface area contributed by atoms with Gasteiger partial charge in [0.1, 0.15) is 26.1 Å². The van der Waals surface area contributed by atoms with Gasteiger partial charge in [-0.3, -0.25) is 18.5 Å². The highest BCUT2D eigenvalue weighted by Crippen LogP contribution is 2.47. The summed E-state index contributed by atoms with van der Waals surface area (Å²) in [6, 6.07) is 11.9. The monoisotopic (exact) mass is 756 g/mol. The van der Waals surface area contributed by atoms with E-state index in [1.54, 1.807) is 6.07 Å². The van der Waals surface area contributed by atoms with Gasteiger partial charge in [-0.15, -0.1) is 21.6 Å². The van der Waals surface area contributed by atoms with Gasteiger partial charge in [0, 0.05) is 10.9 Å². The molecule has 252 valence electrons. The van der Waals surface area contributed by atoms with Gasteiger partial charge in [0.2, 0.25) is 14.2 Å². The molecule has 0 fully saturated rings. The number of phenols is 1. The number of sulfone groups is 1. The van der Waals surface area contributed by atoms with Crippen LogP contribution in [0.3, 0.4) is 0 Å². The first-order valence-electron chi connectivity index (χ1n) is 12.9. The number of fused-ring (bicyclic) bond motifs is 2. The number of carbonyl (C=O) groups excluding carboxylic acids is 1. The first-order valence-corrected chi connectivity index (χ1v) is 19.7. The second-order valence-electron chi connectivity index (χ2n) is 9.70. The number of phenolic OH excluding ortho intramolecular Hbond substituents is 1. The van der Waals surface area contributed by atoms with Gasteiger partial charge in [0.05, 0.1) is 27.0 Å². The third kappa shape index (κ3) is 6.64. The van der Waals surface area contributed by atoms with Crippen LogP contribution in [-0.4, -0.2) is 69.1 Å². The summed E-state index contributed by atoms with van der Waals surface area (Å²) >= 11 is 0.394. The Labute approximate surface area is 275 Å². The molecule has 5 N–H and O–H groups in total. The van der Waals surface area contributed by atoms with Crippen LogP contribution in [0.2, 0.25) is 0 Å². The predicted octanol–water partition coefficient (Wildman–Crippen LogP) is 4.36. The maximum Gasteiger partial charge on any atom is 0.298 e. The second-order valence-corrected chi connectivity index (χ2v) is 17.3. The van der Waals surface area contributed by atoms with Crippen molar-refractivity contribution < 1.29 is 57.2 Å². The predicted molar refractivity (Wildman–Crippen MR) is 171 cm³/mol. The van der Waals surface area contributed by atoms with Gasteiger partial charge in [-0.2, -0.15) is 25.3 Å². The van der Waals surface area contributed by atoms with E-state index in [1.165, 1.54) is 31.2 Å². The van der Waals surface area contributed by atoms with Crippen LogP contribution in [0, 0.1) is 0 Å². The van der Waals surface area contributed by atoms with Crippen molar-refractivity contribution in [2.45, 2.75) is 25.9 Å². The Kier molecular flexibility index (Phi) is 8.89. The zero-order chi connectivity index (χ0) is 35.4. The van der Waals surface area contributed by atoms with E-state index in [0.717, 1.165) is 24.3 Å². The number of aromatic hydroxyl groups is 1. The Morgan fingerprint density at radius 2 is 1.48 bits per heavy atom. The molecule has 17 nitrogen and oxygen atoms in total. The average molecular weight is 757 g/mol. The molecule has 0 aliphatic carbocycles. The molecule has 0 bridgehead atoms. The lowest BCUT2D eigenvalue weighted by atomic mass is 10.1. The van der Waals surface area contributed by atoms with Gasteiger partial charge in [0.15, 0.2) is 5.75 Å². The minimum Gasteiger partial charge on any atom is -0.505 e. The standard InChI is InChI=1S/C26H20N4O13S5/c1-2-45(33,34)26-28-16-8-9-17(24(23(16)44-26)48(41,42)43)29-30-21-19(47(38,39)40)12-14-18(46(35,36)37)11-10-15(20(14)22(21)31)27-25(32)13-6-4-3-5-7-13/h3-12,31H,2H2,1H3,(H,27,32)(H,35,36,37)(H,38,39,40)(H,41,42,43). The SMILES string of the molecule is CCS(=O)(=O)c1nc2ccc(N=Nc3c(S(=O)(=O)O)cc4c(S(=O)(=O)O)ccc(NC(=O)c5ccccc5)c4c3O)c(S(=O)(=O)O)c2s1. The summed E-state index contributed by atoms with van der Waals surface area (Å²) < 4.78 is 128. The molecule has 0 saturated heterocycles. The summed E-state index contributed by atoms with van der Waals surface area (Å²) in [6.07, 6.45) is 0. The molecule has 0 atom stereocenters. The van der Waals surface area contributed by atoms with Gasteiger partial charge in [-0.05, 0) is 42.5 Å². The van der Waals surface area contributed by atoms with Crippen molar-refractivity contribution in [3.05, 3.63) is 66.2 Å². The van der Waals surface area contributed by atoms with Crippen LogP contribution < -0.4 is 5.32 Å². The van der Waals surface area contributed by atoms with Crippen LogP contribution in [0.1, 0.15) is 17.3 Å². The molecule has 0 unspecified atom stereocenters. The van der Waals surface area contributed by atoms with Crippen LogP contribution in [0.25, 0.3) is 21.0 Å². The summed E-state index contributed by atoms with van der Waals surface area (Å²) in [4.78, 5) is 13.6. The Morgan fingerprint density at radius 1 is 0.833 bits per heavy atom. The minimum absolute atomic E-state index is 0.115. The molecule has 1 heterocycles. The maximum atomic E-state index is 12.9. The highest BCUT2D eigenvalue weighted by atomic mass is 32.2. The van der Waals surface area contributed by atoms with E-state index in [-0.39, 0.29) is 27.2 Å². The third-order valence-electron chi connectivity index (χ3n) is 6.65. The maximum absolute atomic E-state index is 12.9. The van der Waals surface area contributed by atoms with Crippen molar-refractivity contribution in [3.8, 4) is 5.75 Å². The largest absolute Gasteiger partial charge is 0.505 e. The quantitative estimate of drug-likeness (QED) is 0.103.